The first kappa shape index (κ1) is 8.74. The molecule has 0 atom stereocenters. The van der Waals surface area contributed by atoms with E-state index < -0.39 is 0 Å². The minimum absolute atomic E-state index is 0.249. The lowest BCUT2D eigenvalue weighted by molar-refractivity contribution is 0.0617. The second kappa shape index (κ2) is 3.88. The number of ether oxygens (including phenoxy) is 1. The first-order valence-corrected chi connectivity index (χ1v) is 4.29. The number of aromatic amines is 1. The summed E-state index contributed by atoms with van der Waals surface area (Å²) >= 11 is 3.27. The molecule has 0 unspecified atom stereocenters. The van der Waals surface area contributed by atoms with Crippen LogP contribution in [-0.4, -0.2) is 16.1 Å². The summed E-state index contributed by atoms with van der Waals surface area (Å²) in [6, 6.07) is 0. The smallest absolute Gasteiger partial charge is 0.133 e. The van der Waals surface area contributed by atoms with Crippen LogP contribution in [0.15, 0.2) is 10.8 Å². The molecular weight excluding hydrogens is 208 g/mol. The first-order valence-electron chi connectivity index (χ1n) is 3.49. The zero-order chi connectivity index (χ0) is 8.27. The van der Waals surface area contributed by atoms with Crippen LogP contribution in [-0.2, 0) is 11.3 Å². The van der Waals surface area contributed by atoms with E-state index in [1.807, 2.05) is 13.8 Å². The molecule has 0 aliphatic rings. The standard InChI is InChI=1S/C7H11BrN2O/c1-5(2)11-4-7-9-3-6(8)10-7/h3,5H,4H2,1-2H3,(H,9,10). The third kappa shape index (κ3) is 3.03. The van der Waals surface area contributed by atoms with Crippen LogP contribution < -0.4 is 0 Å². The number of imidazole rings is 1. The number of hydrogen-bond donors (Lipinski definition) is 1. The molecule has 11 heavy (non-hydrogen) atoms. The van der Waals surface area contributed by atoms with Crippen LogP contribution in [0.3, 0.4) is 0 Å². The minimum Gasteiger partial charge on any atom is -0.371 e. The quantitative estimate of drug-likeness (QED) is 0.845. The molecule has 4 heteroatoms. The average molecular weight is 219 g/mol. The second-order valence-corrected chi connectivity index (χ2v) is 3.39. The molecule has 0 saturated carbocycles. The van der Waals surface area contributed by atoms with Crippen molar-refractivity contribution in [1.82, 2.24) is 9.97 Å². The van der Waals surface area contributed by atoms with Crippen molar-refractivity contribution in [2.45, 2.75) is 26.6 Å². The molecule has 0 spiro atoms. The molecule has 0 fully saturated rings. The summed E-state index contributed by atoms with van der Waals surface area (Å²) in [4.78, 5) is 7.07. The van der Waals surface area contributed by atoms with Crippen LogP contribution in [0.1, 0.15) is 19.7 Å². The summed E-state index contributed by atoms with van der Waals surface area (Å²) in [5, 5.41) is 0. The number of H-pyrrole nitrogens is 1. The molecular formula is C7H11BrN2O. The van der Waals surface area contributed by atoms with Crippen LogP contribution >= 0.6 is 15.9 Å². The number of hydrogen-bond acceptors (Lipinski definition) is 2. The van der Waals surface area contributed by atoms with E-state index >= 15 is 0 Å². The van der Waals surface area contributed by atoms with Crippen molar-refractivity contribution in [3.8, 4) is 0 Å². The van der Waals surface area contributed by atoms with Crippen molar-refractivity contribution in [3.05, 3.63) is 16.6 Å². The summed E-state index contributed by atoms with van der Waals surface area (Å²) < 4.78 is 6.22. The summed E-state index contributed by atoms with van der Waals surface area (Å²) in [5.74, 6) is 0.852. The van der Waals surface area contributed by atoms with Gasteiger partial charge in [-0.25, -0.2) is 4.98 Å². The van der Waals surface area contributed by atoms with Crippen molar-refractivity contribution in [2.24, 2.45) is 0 Å². The predicted molar refractivity (Wildman–Crippen MR) is 46.2 cm³/mol. The highest BCUT2D eigenvalue weighted by Gasteiger charge is 1.99. The first-order chi connectivity index (χ1) is 5.18. The number of halogens is 1. The van der Waals surface area contributed by atoms with E-state index in [0.29, 0.717) is 6.61 Å². The Labute approximate surface area is 74.3 Å². The average Bonchev–Trinajstić information content (AvgIpc) is 2.31. The Kier molecular flexibility index (Phi) is 3.08. The van der Waals surface area contributed by atoms with Crippen LogP contribution in [0.25, 0.3) is 0 Å². The van der Waals surface area contributed by atoms with E-state index in [1.54, 1.807) is 6.20 Å². The van der Waals surface area contributed by atoms with Crippen molar-refractivity contribution in [3.63, 3.8) is 0 Å². The van der Waals surface area contributed by atoms with Gasteiger partial charge in [0, 0.05) is 0 Å². The molecule has 0 aliphatic carbocycles. The molecule has 62 valence electrons. The van der Waals surface area contributed by atoms with Gasteiger partial charge in [0.2, 0.25) is 0 Å². The van der Waals surface area contributed by atoms with Crippen LogP contribution in [0.4, 0.5) is 0 Å². The molecule has 0 aromatic carbocycles. The van der Waals surface area contributed by atoms with E-state index in [2.05, 4.69) is 25.9 Å². The lowest BCUT2D eigenvalue weighted by Gasteiger charge is -2.03. The molecule has 0 bridgehead atoms. The van der Waals surface area contributed by atoms with Crippen LogP contribution in [0.5, 0.6) is 0 Å². The van der Waals surface area contributed by atoms with Gasteiger partial charge in [0.15, 0.2) is 0 Å². The molecule has 1 aromatic rings. The van der Waals surface area contributed by atoms with Gasteiger partial charge in [0.05, 0.1) is 12.3 Å². The van der Waals surface area contributed by atoms with Crippen LogP contribution in [0.2, 0.25) is 0 Å². The van der Waals surface area contributed by atoms with Gasteiger partial charge < -0.3 is 9.72 Å². The normalized spacial score (nSPS) is 10.9. The van der Waals surface area contributed by atoms with Crippen molar-refractivity contribution in [2.75, 3.05) is 0 Å². The molecule has 1 N–H and O–H groups in total. The topological polar surface area (TPSA) is 37.9 Å². The molecule has 0 saturated heterocycles. The summed E-state index contributed by atoms with van der Waals surface area (Å²) in [5.41, 5.74) is 0. The Morgan fingerprint density at radius 1 is 1.73 bits per heavy atom. The molecule has 0 aliphatic heterocycles. The SMILES string of the molecule is CC(C)OCc1ncc(Br)[nH]1. The van der Waals surface area contributed by atoms with Crippen LogP contribution in [0, 0.1) is 0 Å². The Hall–Kier alpha value is -0.350. The van der Waals surface area contributed by atoms with Gasteiger partial charge in [-0.05, 0) is 29.8 Å². The fourth-order valence-electron chi connectivity index (χ4n) is 0.656. The zero-order valence-electron chi connectivity index (χ0n) is 6.60. The zero-order valence-corrected chi connectivity index (χ0v) is 8.18. The van der Waals surface area contributed by atoms with Gasteiger partial charge in [-0.1, -0.05) is 0 Å². The Bertz CT molecular complexity index is 222. The molecule has 3 nitrogen and oxygen atoms in total. The van der Waals surface area contributed by atoms with Gasteiger partial charge in [-0.2, -0.15) is 0 Å². The third-order valence-electron chi connectivity index (χ3n) is 1.15. The Balaban J connectivity index is 2.39. The monoisotopic (exact) mass is 218 g/mol. The maximum absolute atomic E-state index is 5.33. The van der Waals surface area contributed by atoms with Gasteiger partial charge in [0.25, 0.3) is 0 Å². The fourth-order valence-corrected chi connectivity index (χ4v) is 0.987. The predicted octanol–water partition coefficient (Wildman–Crippen LogP) is 2.10. The van der Waals surface area contributed by atoms with Gasteiger partial charge in [0.1, 0.15) is 17.0 Å². The number of nitrogens with one attached hydrogen (secondary N) is 1. The maximum Gasteiger partial charge on any atom is 0.133 e. The summed E-state index contributed by atoms with van der Waals surface area (Å²) in [6.45, 7) is 4.54. The van der Waals surface area contributed by atoms with E-state index in [-0.39, 0.29) is 6.10 Å². The van der Waals surface area contributed by atoms with Crippen molar-refractivity contribution < 1.29 is 4.74 Å². The molecule has 1 rings (SSSR count). The lowest BCUT2D eigenvalue weighted by Crippen LogP contribution is -2.03. The van der Waals surface area contributed by atoms with E-state index in [9.17, 15) is 0 Å². The maximum atomic E-state index is 5.33. The Morgan fingerprint density at radius 3 is 2.91 bits per heavy atom. The van der Waals surface area contributed by atoms with Crippen molar-refractivity contribution >= 4 is 15.9 Å². The number of nitrogens with zero attached hydrogens (tertiary/aromatic N) is 1. The summed E-state index contributed by atoms with van der Waals surface area (Å²) in [6.07, 6.45) is 1.97. The fraction of sp³-hybridized carbons (Fsp3) is 0.571. The number of aromatic nitrogens is 2. The van der Waals surface area contributed by atoms with E-state index in [1.165, 1.54) is 0 Å². The third-order valence-corrected chi connectivity index (χ3v) is 1.55. The molecule has 0 amide bonds. The highest BCUT2D eigenvalue weighted by Crippen LogP contribution is 2.06. The highest BCUT2D eigenvalue weighted by atomic mass is 79.9. The summed E-state index contributed by atoms with van der Waals surface area (Å²) in [7, 11) is 0. The Morgan fingerprint density at radius 2 is 2.45 bits per heavy atom. The molecule has 1 heterocycles. The second-order valence-electron chi connectivity index (χ2n) is 2.54. The minimum atomic E-state index is 0.249. The van der Waals surface area contributed by atoms with E-state index in [4.69, 9.17) is 4.74 Å². The molecule has 1 aromatic heterocycles. The number of rotatable bonds is 3. The highest BCUT2D eigenvalue weighted by molar-refractivity contribution is 9.10. The van der Waals surface area contributed by atoms with Gasteiger partial charge in [-0.15, -0.1) is 0 Å². The molecule has 0 radical (unpaired) electrons. The largest absolute Gasteiger partial charge is 0.371 e. The van der Waals surface area contributed by atoms with Gasteiger partial charge in [-0.3, -0.25) is 0 Å². The van der Waals surface area contributed by atoms with Crippen molar-refractivity contribution in [1.29, 1.82) is 0 Å². The van der Waals surface area contributed by atoms with Gasteiger partial charge >= 0.3 is 0 Å². The lowest BCUT2D eigenvalue weighted by atomic mass is 10.5. The van der Waals surface area contributed by atoms with E-state index in [0.717, 1.165) is 10.4 Å².